The Bertz CT molecular complexity index is 1170. The van der Waals surface area contributed by atoms with Gasteiger partial charge >= 0.3 is 0 Å². The first kappa shape index (κ1) is 21.2. The molecule has 32 heavy (non-hydrogen) atoms. The maximum absolute atomic E-state index is 13.5. The van der Waals surface area contributed by atoms with Crippen molar-refractivity contribution in [2.45, 2.75) is 19.9 Å². The Morgan fingerprint density at radius 1 is 1.12 bits per heavy atom. The Hall–Kier alpha value is -4.01. The van der Waals surface area contributed by atoms with Gasteiger partial charge in [-0.3, -0.25) is 4.79 Å². The molecular weight excluding hydrogens is 410 g/mol. The predicted octanol–water partition coefficient (Wildman–Crippen LogP) is 3.62. The molecular formula is C23H25N5O4. The van der Waals surface area contributed by atoms with Gasteiger partial charge in [0.2, 0.25) is 5.95 Å². The lowest BCUT2D eigenvalue weighted by atomic mass is 9.94. The highest BCUT2D eigenvalue weighted by atomic mass is 16.5. The lowest BCUT2D eigenvalue weighted by Crippen LogP contribution is -2.31. The van der Waals surface area contributed by atoms with Crippen molar-refractivity contribution in [3.8, 4) is 17.2 Å². The zero-order valence-corrected chi connectivity index (χ0v) is 18.4. The molecule has 2 N–H and O–H groups in total. The minimum Gasteiger partial charge on any atom is -0.493 e. The molecule has 0 spiro atoms. The van der Waals surface area contributed by atoms with E-state index in [0.717, 1.165) is 5.56 Å². The Morgan fingerprint density at radius 3 is 2.66 bits per heavy atom. The SMILES string of the molecule is CCOc1ccccc1NC(=O)C1=C(C)Nc2ncnn2C1c1ccc(OC)c(OC)c1. The van der Waals surface area contributed by atoms with Crippen molar-refractivity contribution in [2.24, 2.45) is 0 Å². The third kappa shape index (κ3) is 3.84. The second-order valence-electron chi connectivity index (χ2n) is 7.09. The van der Waals surface area contributed by atoms with E-state index < -0.39 is 6.04 Å². The first-order valence-electron chi connectivity index (χ1n) is 10.2. The average Bonchev–Trinajstić information content (AvgIpc) is 3.27. The van der Waals surface area contributed by atoms with Crippen LogP contribution < -0.4 is 24.8 Å². The molecule has 1 aliphatic rings. The van der Waals surface area contributed by atoms with Crippen LogP contribution in [-0.2, 0) is 4.79 Å². The smallest absolute Gasteiger partial charge is 0.255 e. The number of para-hydroxylation sites is 2. The highest BCUT2D eigenvalue weighted by Crippen LogP contribution is 2.39. The quantitative estimate of drug-likeness (QED) is 0.585. The number of fused-ring (bicyclic) bond motifs is 1. The lowest BCUT2D eigenvalue weighted by molar-refractivity contribution is -0.113. The molecule has 0 saturated heterocycles. The molecule has 1 amide bonds. The van der Waals surface area contributed by atoms with Crippen molar-refractivity contribution in [1.82, 2.24) is 14.8 Å². The lowest BCUT2D eigenvalue weighted by Gasteiger charge is -2.29. The van der Waals surface area contributed by atoms with Crippen molar-refractivity contribution in [1.29, 1.82) is 0 Å². The topological polar surface area (TPSA) is 99.5 Å². The van der Waals surface area contributed by atoms with Crippen molar-refractivity contribution in [3.63, 3.8) is 0 Å². The van der Waals surface area contributed by atoms with Gasteiger partial charge in [-0.25, -0.2) is 4.68 Å². The molecule has 0 bridgehead atoms. The van der Waals surface area contributed by atoms with E-state index >= 15 is 0 Å². The molecule has 166 valence electrons. The summed E-state index contributed by atoms with van der Waals surface area (Å²) in [6.07, 6.45) is 1.45. The number of methoxy groups -OCH3 is 2. The molecule has 0 fully saturated rings. The molecule has 1 unspecified atom stereocenters. The van der Waals surface area contributed by atoms with E-state index in [9.17, 15) is 4.79 Å². The van der Waals surface area contributed by atoms with E-state index in [1.54, 1.807) is 25.0 Å². The van der Waals surface area contributed by atoms with Crippen LogP contribution in [0.2, 0.25) is 0 Å². The fourth-order valence-electron chi connectivity index (χ4n) is 3.76. The summed E-state index contributed by atoms with van der Waals surface area (Å²) in [4.78, 5) is 17.8. The van der Waals surface area contributed by atoms with Crippen molar-refractivity contribution in [2.75, 3.05) is 31.5 Å². The van der Waals surface area contributed by atoms with Gasteiger partial charge in [0.05, 0.1) is 32.1 Å². The summed E-state index contributed by atoms with van der Waals surface area (Å²) in [7, 11) is 3.15. The Labute approximate surface area is 186 Å². The van der Waals surface area contributed by atoms with Crippen LogP contribution >= 0.6 is 0 Å². The molecule has 0 aliphatic carbocycles. The van der Waals surface area contributed by atoms with Crippen LogP contribution in [0.25, 0.3) is 0 Å². The van der Waals surface area contributed by atoms with Gasteiger partial charge in [0.15, 0.2) is 11.5 Å². The predicted molar refractivity (Wildman–Crippen MR) is 120 cm³/mol. The number of nitrogens with zero attached hydrogens (tertiary/aromatic N) is 3. The summed E-state index contributed by atoms with van der Waals surface area (Å²) in [5.41, 5.74) is 2.58. The number of rotatable bonds is 7. The van der Waals surface area contributed by atoms with Crippen LogP contribution in [0.1, 0.15) is 25.5 Å². The van der Waals surface area contributed by atoms with E-state index in [-0.39, 0.29) is 5.91 Å². The zero-order chi connectivity index (χ0) is 22.7. The normalized spacial score (nSPS) is 14.9. The van der Waals surface area contributed by atoms with Crippen LogP contribution in [0, 0.1) is 0 Å². The maximum Gasteiger partial charge on any atom is 0.255 e. The van der Waals surface area contributed by atoms with Crippen LogP contribution in [0.4, 0.5) is 11.6 Å². The van der Waals surface area contributed by atoms with E-state index in [1.807, 2.05) is 50.2 Å². The standard InChI is InChI=1S/C23H25N5O4/c1-5-32-17-9-7-6-8-16(17)27-22(29)20-14(2)26-23-24-13-25-28(23)21(20)15-10-11-18(30-3)19(12-15)31-4/h6-13,21H,5H2,1-4H3,(H,27,29)(H,24,25,26). The van der Waals surface area contributed by atoms with Gasteiger partial charge < -0.3 is 24.8 Å². The van der Waals surface area contributed by atoms with Crippen LogP contribution in [0.3, 0.4) is 0 Å². The third-order valence-corrected chi connectivity index (χ3v) is 5.20. The zero-order valence-electron chi connectivity index (χ0n) is 18.4. The number of allylic oxidation sites excluding steroid dienone is 1. The summed E-state index contributed by atoms with van der Waals surface area (Å²) >= 11 is 0. The number of hydrogen-bond acceptors (Lipinski definition) is 7. The second-order valence-corrected chi connectivity index (χ2v) is 7.09. The first-order chi connectivity index (χ1) is 15.6. The molecule has 3 aromatic rings. The van der Waals surface area contributed by atoms with Crippen molar-refractivity contribution >= 4 is 17.5 Å². The monoisotopic (exact) mass is 435 g/mol. The second kappa shape index (κ2) is 9.01. The van der Waals surface area contributed by atoms with Gasteiger partial charge in [-0.05, 0) is 43.7 Å². The number of ether oxygens (including phenoxy) is 3. The minimum absolute atomic E-state index is 0.275. The van der Waals surface area contributed by atoms with Crippen LogP contribution in [0.15, 0.2) is 60.1 Å². The molecule has 9 nitrogen and oxygen atoms in total. The number of benzene rings is 2. The molecule has 0 radical (unpaired) electrons. The first-order valence-corrected chi connectivity index (χ1v) is 10.2. The third-order valence-electron chi connectivity index (χ3n) is 5.20. The van der Waals surface area contributed by atoms with Crippen LogP contribution in [0.5, 0.6) is 17.2 Å². The van der Waals surface area contributed by atoms with E-state index in [2.05, 4.69) is 20.7 Å². The van der Waals surface area contributed by atoms with Gasteiger partial charge in [-0.15, -0.1) is 0 Å². The van der Waals surface area contributed by atoms with E-state index in [4.69, 9.17) is 14.2 Å². The summed E-state index contributed by atoms with van der Waals surface area (Å²) in [5, 5.41) is 10.5. The van der Waals surface area contributed by atoms with E-state index in [0.29, 0.717) is 46.8 Å². The van der Waals surface area contributed by atoms with E-state index in [1.165, 1.54) is 6.33 Å². The van der Waals surface area contributed by atoms with Gasteiger partial charge in [0, 0.05) is 5.70 Å². The number of aromatic nitrogens is 3. The van der Waals surface area contributed by atoms with Crippen LogP contribution in [-0.4, -0.2) is 41.5 Å². The average molecular weight is 435 g/mol. The molecule has 4 rings (SSSR count). The highest BCUT2D eigenvalue weighted by molar-refractivity contribution is 6.06. The molecule has 9 heteroatoms. The summed E-state index contributed by atoms with van der Waals surface area (Å²) < 4.78 is 18.2. The number of anilines is 2. The Morgan fingerprint density at radius 2 is 1.91 bits per heavy atom. The van der Waals surface area contributed by atoms with Gasteiger partial charge in [0.25, 0.3) is 5.91 Å². The highest BCUT2D eigenvalue weighted by Gasteiger charge is 2.34. The Balaban J connectivity index is 1.77. The number of hydrogen-bond donors (Lipinski definition) is 2. The fraction of sp³-hybridized carbons (Fsp3) is 0.261. The summed E-state index contributed by atoms with van der Waals surface area (Å²) in [6, 6.07) is 12.4. The summed E-state index contributed by atoms with van der Waals surface area (Å²) in [5.74, 6) is 2.04. The minimum atomic E-state index is -0.521. The largest absolute Gasteiger partial charge is 0.493 e. The molecule has 2 heterocycles. The number of carbonyl (C=O) groups is 1. The number of carbonyl (C=O) groups excluding carboxylic acids is 1. The summed E-state index contributed by atoms with van der Waals surface area (Å²) in [6.45, 7) is 4.23. The van der Waals surface area contributed by atoms with Gasteiger partial charge in [0.1, 0.15) is 18.1 Å². The molecule has 2 aromatic carbocycles. The Kier molecular flexibility index (Phi) is 5.98. The molecule has 0 saturated carbocycles. The van der Waals surface area contributed by atoms with Crippen molar-refractivity contribution in [3.05, 3.63) is 65.6 Å². The molecule has 1 aromatic heterocycles. The van der Waals surface area contributed by atoms with Gasteiger partial charge in [-0.1, -0.05) is 18.2 Å². The molecule has 1 aliphatic heterocycles. The number of nitrogens with one attached hydrogen (secondary N) is 2. The maximum atomic E-state index is 13.5. The fourth-order valence-corrected chi connectivity index (χ4v) is 3.76. The van der Waals surface area contributed by atoms with Gasteiger partial charge in [-0.2, -0.15) is 10.1 Å². The number of amides is 1. The molecule has 1 atom stereocenters. The van der Waals surface area contributed by atoms with Crippen molar-refractivity contribution < 1.29 is 19.0 Å².